The normalized spacial score (nSPS) is 19.9. The maximum atomic E-state index is 6.06. The van der Waals surface area contributed by atoms with E-state index in [0.29, 0.717) is 5.88 Å². The van der Waals surface area contributed by atoms with Gasteiger partial charge < -0.3 is 4.90 Å². The van der Waals surface area contributed by atoms with E-state index in [1.165, 1.54) is 30.5 Å². The van der Waals surface area contributed by atoms with E-state index >= 15 is 0 Å². The highest BCUT2D eigenvalue weighted by Gasteiger charge is 2.20. The minimum absolute atomic E-state index is 0.578. The van der Waals surface area contributed by atoms with Gasteiger partial charge in [-0.3, -0.25) is 0 Å². The Labute approximate surface area is 134 Å². The zero-order valence-electron chi connectivity index (χ0n) is 13.7. The van der Waals surface area contributed by atoms with Gasteiger partial charge in [0.25, 0.3) is 0 Å². The SMILES string of the molecule is CCCc1cc(CCl)cc(N2CCCC(C(C)C)CC2)n1. The van der Waals surface area contributed by atoms with Crippen LogP contribution >= 0.6 is 11.6 Å². The molecule has 1 aromatic rings. The zero-order valence-corrected chi connectivity index (χ0v) is 14.5. The lowest BCUT2D eigenvalue weighted by atomic mass is 9.89. The molecule has 0 N–H and O–H groups in total. The van der Waals surface area contributed by atoms with E-state index in [-0.39, 0.29) is 0 Å². The number of hydrogen-bond donors (Lipinski definition) is 0. The molecule has 0 saturated carbocycles. The maximum absolute atomic E-state index is 6.06. The molecule has 1 aliphatic rings. The summed E-state index contributed by atoms with van der Waals surface area (Å²) in [6, 6.07) is 4.34. The lowest BCUT2D eigenvalue weighted by Crippen LogP contribution is -2.26. The molecule has 0 amide bonds. The second kappa shape index (κ2) is 8.03. The van der Waals surface area contributed by atoms with E-state index in [4.69, 9.17) is 16.6 Å². The number of hydrogen-bond acceptors (Lipinski definition) is 2. The van der Waals surface area contributed by atoms with Crippen LogP contribution in [0.1, 0.15) is 57.7 Å². The van der Waals surface area contributed by atoms with Gasteiger partial charge in [-0.2, -0.15) is 0 Å². The number of anilines is 1. The van der Waals surface area contributed by atoms with E-state index < -0.39 is 0 Å². The fourth-order valence-corrected chi connectivity index (χ4v) is 3.43. The van der Waals surface area contributed by atoms with Gasteiger partial charge in [-0.25, -0.2) is 4.98 Å². The van der Waals surface area contributed by atoms with Crippen molar-refractivity contribution in [1.29, 1.82) is 0 Å². The summed E-state index contributed by atoms with van der Waals surface area (Å²) >= 11 is 6.06. The first-order chi connectivity index (χ1) is 10.1. The molecular weight excluding hydrogens is 280 g/mol. The quantitative estimate of drug-likeness (QED) is 0.709. The van der Waals surface area contributed by atoms with E-state index in [1.54, 1.807) is 0 Å². The summed E-state index contributed by atoms with van der Waals surface area (Å²) in [4.78, 5) is 7.34. The predicted octanol–water partition coefficient (Wildman–Crippen LogP) is 5.04. The standard InChI is InChI=1S/C18H29ClN2/c1-4-6-17-11-15(13-19)12-18(20-17)21-9-5-7-16(8-10-21)14(2)3/h11-12,14,16H,4-10,13H2,1-3H3. The average Bonchev–Trinajstić information content (AvgIpc) is 2.73. The van der Waals surface area contributed by atoms with Crippen LogP contribution in [0, 0.1) is 11.8 Å². The van der Waals surface area contributed by atoms with Crippen molar-refractivity contribution in [2.75, 3.05) is 18.0 Å². The smallest absolute Gasteiger partial charge is 0.129 e. The number of nitrogens with zero attached hydrogens (tertiary/aromatic N) is 2. The molecule has 2 heterocycles. The zero-order chi connectivity index (χ0) is 15.2. The van der Waals surface area contributed by atoms with Crippen LogP contribution in [-0.4, -0.2) is 18.1 Å². The number of pyridine rings is 1. The van der Waals surface area contributed by atoms with Crippen LogP contribution in [0.4, 0.5) is 5.82 Å². The summed E-state index contributed by atoms with van der Waals surface area (Å²) in [6.45, 7) is 9.17. The number of rotatable bonds is 5. The van der Waals surface area contributed by atoms with Gasteiger partial charge in [0.1, 0.15) is 5.82 Å². The van der Waals surface area contributed by atoms with Crippen LogP contribution in [0.15, 0.2) is 12.1 Å². The van der Waals surface area contributed by atoms with Gasteiger partial charge in [-0.15, -0.1) is 11.6 Å². The minimum atomic E-state index is 0.578. The summed E-state index contributed by atoms with van der Waals surface area (Å²) in [5.41, 5.74) is 2.39. The number of halogens is 1. The van der Waals surface area contributed by atoms with Crippen LogP contribution in [0.25, 0.3) is 0 Å². The van der Waals surface area contributed by atoms with Gasteiger partial charge >= 0.3 is 0 Å². The molecule has 0 bridgehead atoms. The third-order valence-electron chi connectivity index (χ3n) is 4.62. The number of aromatic nitrogens is 1. The van der Waals surface area contributed by atoms with Crippen LogP contribution in [0.2, 0.25) is 0 Å². The Hall–Kier alpha value is -0.760. The van der Waals surface area contributed by atoms with Crippen LogP contribution in [-0.2, 0) is 12.3 Å². The lowest BCUT2D eigenvalue weighted by molar-refractivity contribution is 0.351. The van der Waals surface area contributed by atoms with Crippen molar-refractivity contribution >= 4 is 17.4 Å². The highest BCUT2D eigenvalue weighted by atomic mass is 35.5. The van der Waals surface area contributed by atoms with Crippen molar-refractivity contribution in [1.82, 2.24) is 4.98 Å². The molecule has 1 aromatic heterocycles. The van der Waals surface area contributed by atoms with E-state index in [9.17, 15) is 0 Å². The summed E-state index contributed by atoms with van der Waals surface area (Å²) in [7, 11) is 0. The van der Waals surface area contributed by atoms with E-state index in [1.807, 2.05) is 0 Å². The lowest BCUT2D eigenvalue weighted by Gasteiger charge is -2.23. The second-order valence-corrected chi connectivity index (χ2v) is 6.90. The largest absolute Gasteiger partial charge is 0.357 e. The van der Waals surface area contributed by atoms with Crippen LogP contribution in [0.3, 0.4) is 0 Å². The molecule has 0 spiro atoms. The second-order valence-electron chi connectivity index (χ2n) is 6.63. The molecule has 0 radical (unpaired) electrons. The maximum Gasteiger partial charge on any atom is 0.129 e. The molecule has 3 heteroatoms. The summed E-state index contributed by atoms with van der Waals surface area (Å²) < 4.78 is 0. The Kier molecular flexibility index (Phi) is 6.35. The molecular formula is C18H29ClN2. The molecule has 2 rings (SSSR count). The molecule has 1 unspecified atom stereocenters. The summed E-state index contributed by atoms with van der Waals surface area (Å²) in [5.74, 6) is 3.37. The van der Waals surface area contributed by atoms with Gasteiger partial charge in [0.05, 0.1) is 0 Å². The Morgan fingerprint density at radius 2 is 2.10 bits per heavy atom. The van der Waals surface area contributed by atoms with Gasteiger partial charge in [-0.1, -0.05) is 27.2 Å². The summed E-state index contributed by atoms with van der Waals surface area (Å²) in [5, 5.41) is 0. The van der Waals surface area contributed by atoms with E-state index in [2.05, 4.69) is 37.8 Å². The van der Waals surface area contributed by atoms with Gasteiger partial charge in [0.15, 0.2) is 0 Å². The molecule has 2 nitrogen and oxygen atoms in total. The minimum Gasteiger partial charge on any atom is -0.357 e. The fraction of sp³-hybridized carbons (Fsp3) is 0.722. The van der Waals surface area contributed by atoms with Crippen molar-refractivity contribution in [3.05, 3.63) is 23.4 Å². The highest BCUT2D eigenvalue weighted by molar-refractivity contribution is 6.17. The van der Waals surface area contributed by atoms with Gasteiger partial charge in [0, 0.05) is 24.7 Å². The van der Waals surface area contributed by atoms with E-state index in [0.717, 1.165) is 43.6 Å². The van der Waals surface area contributed by atoms with Crippen molar-refractivity contribution in [3.8, 4) is 0 Å². The van der Waals surface area contributed by atoms with Crippen LogP contribution < -0.4 is 4.90 Å². The Bertz CT molecular complexity index is 445. The van der Waals surface area contributed by atoms with Crippen LogP contribution in [0.5, 0.6) is 0 Å². The molecule has 118 valence electrons. The molecule has 1 fully saturated rings. The summed E-state index contributed by atoms with van der Waals surface area (Å²) in [6.07, 6.45) is 6.09. The van der Waals surface area contributed by atoms with Crippen molar-refractivity contribution in [2.45, 2.75) is 58.8 Å². The predicted molar refractivity (Wildman–Crippen MR) is 92.2 cm³/mol. The Morgan fingerprint density at radius 3 is 2.76 bits per heavy atom. The average molecular weight is 309 g/mol. The Balaban J connectivity index is 2.14. The van der Waals surface area contributed by atoms with Gasteiger partial charge in [-0.05, 0) is 55.2 Å². The molecule has 1 aliphatic heterocycles. The highest BCUT2D eigenvalue weighted by Crippen LogP contribution is 2.27. The number of aryl methyl sites for hydroxylation is 1. The topological polar surface area (TPSA) is 16.1 Å². The monoisotopic (exact) mass is 308 g/mol. The molecule has 21 heavy (non-hydrogen) atoms. The molecule has 0 aromatic carbocycles. The first-order valence-corrected chi connectivity index (χ1v) is 8.98. The van der Waals surface area contributed by atoms with Crippen molar-refractivity contribution < 1.29 is 0 Å². The molecule has 1 saturated heterocycles. The third-order valence-corrected chi connectivity index (χ3v) is 4.93. The molecule has 0 aliphatic carbocycles. The number of alkyl halides is 1. The first-order valence-electron chi connectivity index (χ1n) is 8.44. The molecule has 1 atom stereocenters. The van der Waals surface area contributed by atoms with Gasteiger partial charge in [0.2, 0.25) is 0 Å². The van der Waals surface area contributed by atoms with Crippen molar-refractivity contribution in [2.24, 2.45) is 11.8 Å². The third kappa shape index (κ3) is 4.60. The fourth-order valence-electron chi connectivity index (χ4n) is 3.27. The van der Waals surface area contributed by atoms with Crippen molar-refractivity contribution in [3.63, 3.8) is 0 Å². The first kappa shape index (κ1) is 16.6. The Morgan fingerprint density at radius 1 is 1.29 bits per heavy atom.